The molecule has 8 nitrogen and oxygen atoms in total. The minimum absolute atomic E-state index is 0.00434. The summed E-state index contributed by atoms with van der Waals surface area (Å²) in [5.74, 6) is 0.0501. The van der Waals surface area contributed by atoms with Crippen LogP contribution in [0, 0.1) is 0 Å². The number of aromatic nitrogens is 3. The van der Waals surface area contributed by atoms with E-state index in [4.69, 9.17) is 10.5 Å². The number of hydrogen-bond acceptors (Lipinski definition) is 6. The second-order valence-corrected chi connectivity index (χ2v) is 5.25. The monoisotopic (exact) mass is 340 g/mol. The van der Waals surface area contributed by atoms with E-state index in [1.165, 1.54) is 0 Å². The zero-order chi connectivity index (χ0) is 17.8. The molecule has 0 unspecified atom stereocenters. The molecule has 3 aromatic rings. The van der Waals surface area contributed by atoms with Crippen molar-refractivity contribution in [1.29, 1.82) is 0 Å². The molecule has 0 saturated carbocycles. The van der Waals surface area contributed by atoms with Gasteiger partial charge in [-0.1, -0.05) is 0 Å². The highest BCUT2D eigenvalue weighted by atomic mass is 16.6. The lowest BCUT2D eigenvalue weighted by Gasteiger charge is -2.06. The predicted molar refractivity (Wildman–Crippen MR) is 89.9 cm³/mol. The third kappa shape index (κ3) is 3.57. The molecule has 128 valence electrons. The first-order valence-corrected chi connectivity index (χ1v) is 7.54. The Morgan fingerprint density at radius 3 is 2.56 bits per heavy atom. The summed E-state index contributed by atoms with van der Waals surface area (Å²) in [5, 5.41) is 0. The number of amides is 1. The first-order valence-electron chi connectivity index (χ1n) is 7.54. The number of nitrogens with two attached hydrogens (primary N) is 1. The summed E-state index contributed by atoms with van der Waals surface area (Å²) in [6.07, 6.45) is 2.38. The van der Waals surface area contributed by atoms with Gasteiger partial charge in [0, 0.05) is 18.0 Å². The molecule has 0 bridgehead atoms. The Morgan fingerprint density at radius 2 is 1.88 bits per heavy atom. The summed E-state index contributed by atoms with van der Waals surface area (Å²) in [7, 11) is 1.60. The van der Waals surface area contributed by atoms with E-state index in [2.05, 4.69) is 19.7 Å². The van der Waals surface area contributed by atoms with Crippen LogP contribution >= 0.6 is 0 Å². The minimum Gasteiger partial charge on any atom is -0.497 e. The molecule has 1 aromatic carbocycles. The van der Waals surface area contributed by atoms with Crippen LogP contribution in [0.3, 0.4) is 0 Å². The Bertz CT molecular complexity index is 918. The van der Waals surface area contributed by atoms with Gasteiger partial charge in [0.1, 0.15) is 11.3 Å². The Hall–Kier alpha value is -3.42. The van der Waals surface area contributed by atoms with Crippen molar-refractivity contribution < 1.29 is 19.1 Å². The van der Waals surface area contributed by atoms with Gasteiger partial charge in [0.2, 0.25) is 0 Å². The normalized spacial score (nSPS) is 10.6. The minimum atomic E-state index is -1.11. The molecule has 1 amide bonds. The molecule has 0 spiro atoms. The number of primary amides is 1. The zero-order valence-electron chi connectivity index (χ0n) is 13.5. The second-order valence-electron chi connectivity index (χ2n) is 5.25. The number of benzene rings is 1. The van der Waals surface area contributed by atoms with E-state index in [0.29, 0.717) is 17.6 Å². The van der Waals surface area contributed by atoms with Crippen LogP contribution in [0.2, 0.25) is 0 Å². The average molecular weight is 340 g/mol. The summed E-state index contributed by atoms with van der Waals surface area (Å²) in [6.45, 7) is 0. The maximum absolute atomic E-state index is 11.6. The fourth-order valence-electron chi connectivity index (χ4n) is 2.60. The number of fused-ring (bicyclic) bond motifs is 1. The number of hydrogen-bond donors (Lipinski definition) is 2. The molecular formula is C17H16N4O4. The van der Waals surface area contributed by atoms with Crippen LogP contribution < -0.4 is 10.5 Å². The molecule has 2 aromatic heterocycles. The van der Waals surface area contributed by atoms with Gasteiger partial charge >= 0.3 is 12.1 Å². The molecule has 0 aliphatic rings. The van der Waals surface area contributed by atoms with Gasteiger partial charge in [-0.15, -0.1) is 0 Å². The van der Waals surface area contributed by atoms with E-state index in [9.17, 15) is 9.59 Å². The molecule has 3 rings (SSSR count). The summed E-state index contributed by atoms with van der Waals surface area (Å²) < 4.78 is 9.54. The van der Waals surface area contributed by atoms with Crippen LogP contribution in [-0.4, -0.2) is 34.1 Å². The fraction of sp³-hybridized carbons (Fsp3) is 0.176. The van der Waals surface area contributed by atoms with Crippen molar-refractivity contribution in [3.8, 4) is 17.0 Å². The van der Waals surface area contributed by atoms with Crippen molar-refractivity contribution in [2.24, 2.45) is 5.73 Å². The van der Waals surface area contributed by atoms with Crippen molar-refractivity contribution in [2.45, 2.75) is 12.8 Å². The topological polar surface area (TPSA) is 120 Å². The van der Waals surface area contributed by atoms with Crippen molar-refractivity contribution in [2.75, 3.05) is 7.11 Å². The van der Waals surface area contributed by atoms with Gasteiger partial charge < -0.3 is 20.2 Å². The lowest BCUT2D eigenvalue weighted by molar-refractivity contribution is -0.136. The highest BCUT2D eigenvalue weighted by Crippen LogP contribution is 2.30. The summed E-state index contributed by atoms with van der Waals surface area (Å²) in [6, 6.07) is 7.48. The maximum Gasteiger partial charge on any atom is 0.412 e. The number of aromatic amines is 1. The summed E-state index contributed by atoms with van der Waals surface area (Å²) in [4.78, 5) is 34.1. The number of ether oxygens (including phenoxy) is 2. The quantitative estimate of drug-likeness (QED) is 0.542. The first kappa shape index (κ1) is 16.4. The molecule has 0 aliphatic heterocycles. The van der Waals surface area contributed by atoms with Gasteiger partial charge in [-0.25, -0.2) is 9.78 Å². The van der Waals surface area contributed by atoms with Crippen LogP contribution in [0.4, 0.5) is 4.79 Å². The predicted octanol–water partition coefficient (Wildman–Crippen LogP) is 2.19. The van der Waals surface area contributed by atoms with Gasteiger partial charge in [0.05, 0.1) is 19.2 Å². The Morgan fingerprint density at radius 1 is 1.16 bits per heavy atom. The maximum atomic E-state index is 11.6. The number of carbonyl (C=O) groups excluding carboxylic acids is 2. The first-order chi connectivity index (χ1) is 12.1. The third-order valence-electron chi connectivity index (χ3n) is 3.70. The van der Waals surface area contributed by atoms with Crippen LogP contribution in [0.1, 0.15) is 12.0 Å². The molecule has 25 heavy (non-hydrogen) atoms. The van der Waals surface area contributed by atoms with Gasteiger partial charge in [-0.05, 0) is 36.2 Å². The Balaban J connectivity index is 1.96. The molecule has 8 heteroatoms. The SMILES string of the molecule is COc1ccc(-c2[nH]c3nccnc3c2CCC(=O)OC(N)=O)cc1. The number of carbonyl (C=O) groups is 2. The average Bonchev–Trinajstić information content (AvgIpc) is 2.98. The standard InChI is InChI=1S/C17H16N4O4/c1-24-11-4-2-10(3-5-11)14-12(6-7-13(22)25-17(18)23)15-16(21-14)20-9-8-19-15/h2-5,8-9H,6-7H2,1H3,(H2,18,23)(H,20,21). The van der Waals surface area contributed by atoms with Crippen LogP contribution in [0.15, 0.2) is 36.7 Å². The zero-order valence-corrected chi connectivity index (χ0v) is 13.5. The fourth-order valence-corrected chi connectivity index (χ4v) is 2.60. The van der Waals surface area contributed by atoms with Gasteiger partial charge in [-0.3, -0.25) is 9.78 Å². The van der Waals surface area contributed by atoms with Crippen LogP contribution in [-0.2, 0) is 16.0 Å². The van der Waals surface area contributed by atoms with Crippen molar-refractivity contribution >= 4 is 23.2 Å². The Kier molecular flexibility index (Phi) is 4.60. The number of aryl methyl sites for hydroxylation is 1. The van der Waals surface area contributed by atoms with Crippen molar-refractivity contribution in [3.05, 3.63) is 42.2 Å². The molecule has 0 fully saturated rings. The van der Waals surface area contributed by atoms with E-state index < -0.39 is 12.1 Å². The van der Waals surface area contributed by atoms with Crippen molar-refractivity contribution in [3.63, 3.8) is 0 Å². The molecule has 0 atom stereocenters. The largest absolute Gasteiger partial charge is 0.497 e. The van der Waals surface area contributed by atoms with E-state index in [1.54, 1.807) is 19.5 Å². The molecule has 0 radical (unpaired) electrons. The summed E-state index contributed by atoms with van der Waals surface area (Å²) in [5.41, 5.74) is 8.66. The number of esters is 1. The highest BCUT2D eigenvalue weighted by molar-refractivity contribution is 5.87. The molecule has 3 N–H and O–H groups in total. The highest BCUT2D eigenvalue weighted by Gasteiger charge is 2.17. The number of nitrogens with one attached hydrogen (secondary N) is 1. The van der Waals surface area contributed by atoms with Crippen LogP contribution in [0.5, 0.6) is 5.75 Å². The number of rotatable bonds is 5. The molecule has 0 aliphatic carbocycles. The van der Waals surface area contributed by atoms with Crippen LogP contribution in [0.25, 0.3) is 22.4 Å². The lowest BCUT2D eigenvalue weighted by Crippen LogP contribution is -2.18. The Labute approximate surface area is 143 Å². The van der Waals surface area contributed by atoms with E-state index in [1.807, 2.05) is 24.3 Å². The molecular weight excluding hydrogens is 324 g/mol. The summed E-state index contributed by atoms with van der Waals surface area (Å²) >= 11 is 0. The smallest absolute Gasteiger partial charge is 0.412 e. The van der Waals surface area contributed by atoms with Gasteiger partial charge in [-0.2, -0.15) is 0 Å². The van der Waals surface area contributed by atoms with Gasteiger partial charge in [0.25, 0.3) is 0 Å². The molecule has 0 saturated heterocycles. The lowest BCUT2D eigenvalue weighted by atomic mass is 10.0. The molecule has 2 heterocycles. The van der Waals surface area contributed by atoms with Crippen molar-refractivity contribution in [1.82, 2.24) is 15.0 Å². The van der Waals surface area contributed by atoms with E-state index in [0.717, 1.165) is 22.6 Å². The number of nitrogens with zero attached hydrogens (tertiary/aromatic N) is 2. The second kappa shape index (κ2) is 7.00. The third-order valence-corrected chi connectivity index (χ3v) is 3.70. The van der Waals surface area contributed by atoms with E-state index in [-0.39, 0.29) is 6.42 Å². The number of H-pyrrole nitrogens is 1. The van der Waals surface area contributed by atoms with Gasteiger partial charge in [0.15, 0.2) is 5.65 Å². The van der Waals surface area contributed by atoms with E-state index >= 15 is 0 Å². The number of methoxy groups -OCH3 is 1.